The van der Waals surface area contributed by atoms with Crippen LogP contribution >= 0.6 is 11.6 Å². The average Bonchev–Trinajstić information content (AvgIpc) is 3.25. The lowest BCUT2D eigenvalue weighted by Crippen LogP contribution is -2.40. The van der Waals surface area contributed by atoms with Crippen LogP contribution in [0.25, 0.3) is 5.69 Å². The summed E-state index contributed by atoms with van der Waals surface area (Å²) in [5.41, 5.74) is 0.0993. The predicted octanol–water partition coefficient (Wildman–Crippen LogP) is 5.57. The van der Waals surface area contributed by atoms with Crippen LogP contribution in [0.3, 0.4) is 0 Å². The fourth-order valence-corrected chi connectivity index (χ4v) is 3.65. The molecule has 11 heteroatoms. The van der Waals surface area contributed by atoms with Gasteiger partial charge in [-0.2, -0.15) is 18.3 Å². The maximum atomic E-state index is 13.1. The van der Waals surface area contributed by atoms with E-state index in [9.17, 15) is 22.8 Å². The summed E-state index contributed by atoms with van der Waals surface area (Å²) in [7, 11) is 1.44. The van der Waals surface area contributed by atoms with E-state index in [1.54, 1.807) is 30.3 Å². The van der Waals surface area contributed by atoms with Crippen LogP contribution in [-0.2, 0) is 21.1 Å². The van der Waals surface area contributed by atoms with E-state index in [1.807, 2.05) is 20.8 Å². The van der Waals surface area contributed by atoms with Gasteiger partial charge in [0.25, 0.3) is 5.91 Å². The predicted molar refractivity (Wildman–Crippen MR) is 135 cm³/mol. The molecule has 0 radical (unpaired) electrons. The van der Waals surface area contributed by atoms with Crippen molar-refractivity contribution >= 4 is 29.2 Å². The van der Waals surface area contributed by atoms with Crippen molar-refractivity contribution in [1.82, 2.24) is 14.7 Å². The highest BCUT2D eigenvalue weighted by Crippen LogP contribution is 2.30. The monoisotopic (exact) mass is 536 g/mol. The summed E-state index contributed by atoms with van der Waals surface area (Å²) >= 11 is 6.37. The molecule has 0 fully saturated rings. The fraction of sp³-hybridized carbons (Fsp3) is 0.346. The van der Waals surface area contributed by atoms with E-state index in [1.165, 1.54) is 16.7 Å². The van der Waals surface area contributed by atoms with E-state index in [-0.39, 0.29) is 30.7 Å². The SMILES string of the molecule is COCCN(CC(=O)Nc1cc(C(C)(C)C)nn1-c1ccccc1Cl)C(=O)c1ccc(C(F)(F)F)cc1. The van der Waals surface area contributed by atoms with Gasteiger partial charge in [0.15, 0.2) is 0 Å². The number of rotatable bonds is 8. The van der Waals surface area contributed by atoms with E-state index in [0.29, 0.717) is 22.2 Å². The molecule has 3 aromatic rings. The molecule has 0 unspecified atom stereocenters. The number of para-hydroxylation sites is 1. The molecule has 7 nitrogen and oxygen atoms in total. The number of carbonyl (C=O) groups excluding carboxylic acids is 2. The van der Waals surface area contributed by atoms with Crippen molar-refractivity contribution in [3.8, 4) is 5.69 Å². The maximum Gasteiger partial charge on any atom is 0.416 e. The number of halogens is 4. The third-order valence-electron chi connectivity index (χ3n) is 5.47. The first-order valence-electron chi connectivity index (χ1n) is 11.4. The molecule has 198 valence electrons. The topological polar surface area (TPSA) is 76.5 Å². The Labute approximate surface area is 218 Å². The van der Waals surface area contributed by atoms with E-state index in [2.05, 4.69) is 10.4 Å². The normalized spacial score (nSPS) is 11.9. The number of hydrogen-bond acceptors (Lipinski definition) is 4. The van der Waals surface area contributed by atoms with Crippen LogP contribution in [-0.4, -0.2) is 53.3 Å². The number of amides is 2. The van der Waals surface area contributed by atoms with Gasteiger partial charge in [-0.1, -0.05) is 44.5 Å². The van der Waals surface area contributed by atoms with Crippen molar-refractivity contribution in [2.75, 3.05) is 32.1 Å². The van der Waals surface area contributed by atoms with Crippen LogP contribution in [0.4, 0.5) is 19.0 Å². The molecule has 1 aromatic heterocycles. The number of methoxy groups -OCH3 is 1. The second-order valence-electron chi connectivity index (χ2n) is 9.37. The van der Waals surface area contributed by atoms with Gasteiger partial charge in [-0.05, 0) is 36.4 Å². The zero-order valence-corrected chi connectivity index (χ0v) is 21.7. The summed E-state index contributed by atoms with van der Waals surface area (Å²) in [6, 6.07) is 12.6. The minimum atomic E-state index is -4.52. The van der Waals surface area contributed by atoms with Crippen molar-refractivity contribution in [3.05, 3.63) is 76.4 Å². The van der Waals surface area contributed by atoms with Gasteiger partial charge in [-0.3, -0.25) is 9.59 Å². The zero-order chi connectivity index (χ0) is 27.4. The van der Waals surface area contributed by atoms with Gasteiger partial charge in [0, 0.05) is 30.7 Å². The highest BCUT2D eigenvalue weighted by atomic mass is 35.5. The fourth-order valence-electron chi connectivity index (χ4n) is 3.44. The molecular formula is C26H28ClF3N4O3. The third-order valence-corrected chi connectivity index (χ3v) is 5.79. The van der Waals surface area contributed by atoms with Crippen molar-refractivity contribution in [2.45, 2.75) is 32.4 Å². The molecule has 37 heavy (non-hydrogen) atoms. The van der Waals surface area contributed by atoms with Gasteiger partial charge < -0.3 is 15.0 Å². The second-order valence-corrected chi connectivity index (χ2v) is 9.78. The highest BCUT2D eigenvalue weighted by Gasteiger charge is 2.31. The quantitative estimate of drug-likeness (QED) is 0.408. The average molecular weight is 537 g/mol. The lowest BCUT2D eigenvalue weighted by atomic mass is 9.92. The number of aromatic nitrogens is 2. The Morgan fingerprint density at radius 2 is 1.73 bits per heavy atom. The van der Waals surface area contributed by atoms with Gasteiger partial charge >= 0.3 is 6.18 Å². The molecule has 1 N–H and O–H groups in total. The maximum absolute atomic E-state index is 13.1. The number of nitrogens with zero attached hydrogens (tertiary/aromatic N) is 3. The number of carbonyl (C=O) groups is 2. The summed E-state index contributed by atoms with van der Waals surface area (Å²) < 4.78 is 45.3. The summed E-state index contributed by atoms with van der Waals surface area (Å²) in [4.78, 5) is 27.3. The second kappa shape index (κ2) is 11.4. The number of alkyl halides is 3. The molecule has 2 amide bonds. The Morgan fingerprint density at radius 3 is 2.30 bits per heavy atom. The van der Waals surface area contributed by atoms with Gasteiger partial charge in [-0.15, -0.1) is 0 Å². The molecule has 0 saturated heterocycles. The van der Waals surface area contributed by atoms with Crippen molar-refractivity contribution in [2.24, 2.45) is 0 Å². The Balaban J connectivity index is 1.85. The largest absolute Gasteiger partial charge is 0.416 e. The Bertz CT molecular complexity index is 1250. The van der Waals surface area contributed by atoms with Crippen LogP contribution in [0.5, 0.6) is 0 Å². The van der Waals surface area contributed by atoms with Crippen LogP contribution in [0, 0.1) is 0 Å². The molecule has 0 bridgehead atoms. The van der Waals surface area contributed by atoms with E-state index < -0.39 is 23.6 Å². The molecule has 0 spiro atoms. The molecular weight excluding hydrogens is 509 g/mol. The number of ether oxygens (including phenoxy) is 1. The first-order valence-corrected chi connectivity index (χ1v) is 11.8. The Hall–Kier alpha value is -3.37. The van der Waals surface area contributed by atoms with Gasteiger partial charge in [0.2, 0.25) is 5.91 Å². The molecule has 0 aliphatic carbocycles. The molecule has 0 atom stereocenters. The Morgan fingerprint density at radius 1 is 1.08 bits per heavy atom. The first kappa shape index (κ1) is 28.2. The van der Waals surface area contributed by atoms with Crippen molar-refractivity contribution in [1.29, 1.82) is 0 Å². The van der Waals surface area contributed by atoms with Gasteiger partial charge in [0.05, 0.1) is 28.6 Å². The van der Waals surface area contributed by atoms with Crippen LogP contribution < -0.4 is 5.32 Å². The number of nitrogens with one attached hydrogen (secondary N) is 1. The summed E-state index contributed by atoms with van der Waals surface area (Å²) in [6.45, 7) is 5.77. The number of benzene rings is 2. The molecule has 0 aliphatic rings. The van der Waals surface area contributed by atoms with E-state index in [0.717, 1.165) is 24.3 Å². The smallest absolute Gasteiger partial charge is 0.383 e. The Kier molecular flexibility index (Phi) is 8.65. The summed E-state index contributed by atoms with van der Waals surface area (Å²) in [5, 5.41) is 7.85. The minimum Gasteiger partial charge on any atom is -0.383 e. The first-order chi connectivity index (χ1) is 17.3. The van der Waals surface area contributed by atoms with Crippen molar-refractivity contribution in [3.63, 3.8) is 0 Å². The highest BCUT2D eigenvalue weighted by molar-refractivity contribution is 6.32. The number of anilines is 1. The summed E-state index contributed by atoms with van der Waals surface area (Å²) in [6.07, 6.45) is -4.52. The lowest BCUT2D eigenvalue weighted by Gasteiger charge is -2.22. The molecule has 2 aromatic carbocycles. The van der Waals surface area contributed by atoms with E-state index in [4.69, 9.17) is 16.3 Å². The standard InChI is InChI=1S/C26H28ClF3N4O3/c1-25(2,3)21-15-22(34(32-21)20-8-6-5-7-19(20)27)31-23(35)16-33(13-14-37-4)24(36)17-9-11-18(12-10-17)26(28,29)30/h5-12,15H,13-14,16H2,1-4H3,(H,31,35). The molecule has 0 aliphatic heterocycles. The lowest BCUT2D eigenvalue weighted by molar-refractivity contribution is -0.137. The minimum absolute atomic E-state index is 0.0213. The third kappa shape index (κ3) is 7.11. The summed E-state index contributed by atoms with van der Waals surface area (Å²) in [5.74, 6) is -0.766. The number of hydrogen-bond donors (Lipinski definition) is 1. The van der Waals surface area contributed by atoms with Gasteiger partial charge in [-0.25, -0.2) is 4.68 Å². The zero-order valence-electron chi connectivity index (χ0n) is 20.9. The molecule has 1 heterocycles. The van der Waals surface area contributed by atoms with Crippen LogP contribution in [0.15, 0.2) is 54.6 Å². The molecule has 3 rings (SSSR count). The van der Waals surface area contributed by atoms with Crippen molar-refractivity contribution < 1.29 is 27.5 Å². The van der Waals surface area contributed by atoms with Crippen LogP contribution in [0.2, 0.25) is 5.02 Å². The van der Waals surface area contributed by atoms with E-state index >= 15 is 0 Å². The molecule has 0 saturated carbocycles. The van der Waals surface area contributed by atoms with Gasteiger partial charge in [0.1, 0.15) is 12.4 Å². The van der Waals surface area contributed by atoms with Crippen LogP contribution in [0.1, 0.15) is 42.4 Å².